The van der Waals surface area contributed by atoms with Crippen LogP contribution in [0.5, 0.6) is 0 Å². The molecule has 3 aromatic rings. The van der Waals surface area contributed by atoms with Crippen molar-refractivity contribution >= 4 is 27.6 Å². The summed E-state index contributed by atoms with van der Waals surface area (Å²) in [6.07, 6.45) is 1.76. The Kier molecular flexibility index (Phi) is 1.48. The quantitative estimate of drug-likeness (QED) is 0.580. The van der Waals surface area contributed by atoms with Crippen LogP contribution in [0.25, 0.3) is 21.8 Å². The SMILES string of the molecule is Cc1ccc2ncc3c(N)n[nH]c3c2c1. The Hall–Kier alpha value is -2.10. The maximum absolute atomic E-state index is 5.72. The van der Waals surface area contributed by atoms with E-state index in [0.29, 0.717) is 5.82 Å². The first-order valence-corrected chi connectivity index (χ1v) is 4.74. The van der Waals surface area contributed by atoms with Gasteiger partial charge >= 0.3 is 0 Å². The van der Waals surface area contributed by atoms with Crippen LogP contribution < -0.4 is 5.73 Å². The molecule has 0 atom stereocenters. The van der Waals surface area contributed by atoms with Gasteiger partial charge in [-0.2, -0.15) is 5.10 Å². The number of benzene rings is 1. The molecule has 0 saturated heterocycles. The van der Waals surface area contributed by atoms with Crippen LogP contribution in [0.4, 0.5) is 5.82 Å². The number of aryl methyl sites for hydroxylation is 1. The van der Waals surface area contributed by atoms with E-state index in [2.05, 4.69) is 28.2 Å². The van der Waals surface area contributed by atoms with Gasteiger partial charge in [0, 0.05) is 11.6 Å². The van der Waals surface area contributed by atoms with Crippen LogP contribution in [0.1, 0.15) is 5.56 Å². The minimum absolute atomic E-state index is 0.501. The molecule has 0 aliphatic heterocycles. The van der Waals surface area contributed by atoms with E-state index < -0.39 is 0 Å². The molecule has 0 unspecified atom stereocenters. The third-order valence-electron chi connectivity index (χ3n) is 2.59. The van der Waals surface area contributed by atoms with Crippen molar-refractivity contribution in [3.8, 4) is 0 Å². The summed E-state index contributed by atoms with van der Waals surface area (Å²) in [4.78, 5) is 4.34. The van der Waals surface area contributed by atoms with E-state index in [0.717, 1.165) is 21.8 Å². The number of nitrogen functional groups attached to an aromatic ring is 1. The van der Waals surface area contributed by atoms with E-state index in [4.69, 9.17) is 5.73 Å². The molecule has 0 fully saturated rings. The minimum atomic E-state index is 0.501. The molecule has 0 bridgehead atoms. The van der Waals surface area contributed by atoms with Crippen molar-refractivity contribution < 1.29 is 0 Å². The summed E-state index contributed by atoms with van der Waals surface area (Å²) in [5, 5.41) is 8.88. The Morgan fingerprint density at radius 3 is 3.00 bits per heavy atom. The fourth-order valence-corrected chi connectivity index (χ4v) is 1.80. The number of hydrogen-bond acceptors (Lipinski definition) is 3. The first kappa shape index (κ1) is 8.23. The van der Waals surface area contributed by atoms with Gasteiger partial charge in [0.25, 0.3) is 0 Å². The van der Waals surface area contributed by atoms with Crippen molar-refractivity contribution in [2.45, 2.75) is 6.92 Å². The third-order valence-corrected chi connectivity index (χ3v) is 2.59. The van der Waals surface area contributed by atoms with E-state index in [1.807, 2.05) is 12.1 Å². The van der Waals surface area contributed by atoms with E-state index in [9.17, 15) is 0 Å². The average Bonchev–Trinajstić information content (AvgIpc) is 2.61. The number of nitrogens with two attached hydrogens (primary N) is 1. The normalized spacial score (nSPS) is 11.3. The smallest absolute Gasteiger partial charge is 0.154 e. The lowest BCUT2D eigenvalue weighted by Gasteiger charge is -1.99. The lowest BCUT2D eigenvalue weighted by molar-refractivity contribution is 1.13. The maximum atomic E-state index is 5.72. The highest BCUT2D eigenvalue weighted by atomic mass is 15.2. The van der Waals surface area contributed by atoms with Gasteiger partial charge in [-0.15, -0.1) is 0 Å². The highest BCUT2D eigenvalue weighted by Gasteiger charge is 2.06. The Morgan fingerprint density at radius 2 is 2.13 bits per heavy atom. The molecule has 15 heavy (non-hydrogen) atoms. The zero-order valence-corrected chi connectivity index (χ0v) is 8.28. The van der Waals surface area contributed by atoms with Crippen LogP contribution >= 0.6 is 0 Å². The van der Waals surface area contributed by atoms with Gasteiger partial charge in [-0.1, -0.05) is 11.6 Å². The number of aromatic nitrogens is 3. The zero-order chi connectivity index (χ0) is 10.4. The number of fused-ring (bicyclic) bond motifs is 3. The summed E-state index contributed by atoms with van der Waals surface area (Å²) < 4.78 is 0. The van der Waals surface area contributed by atoms with Gasteiger partial charge in [0.15, 0.2) is 5.82 Å². The molecule has 0 radical (unpaired) electrons. The molecule has 0 aliphatic rings. The molecule has 0 amide bonds. The number of nitrogens with zero attached hydrogens (tertiary/aromatic N) is 2. The molecular formula is C11H10N4. The van der Waals surface area contributed by atoms with Crippen molar-refractivity contribution in [3.05, 3.63) is 30.0 Å². The molecule has 4 heteroatoms. The predicted octanol–water partition coefficient (Wildman–Crippen LogP) is 2.00. The van der Waals surface area contributed by atoms with Crippen molar-refractivity contribution in [1.82, 2.24) is 15.2 Å². The zero-order valence-electron chi connectivity index (χ0n) is 8.28. The van der Waals surface area contributed by atoms with Crippen LogP contribution in [0.15, 0.2) is 24.4 Å². The number of rotatable bonds is 0. The topological polar surface area (TPSA) is 67.6 Å². The fourth-order valence-electron chi connectivity index (χ4n) is 1.80. The standard InChI is InChI=1S/C11H10N4/c1-6-2-3-9-7(4-6)10-8(5-13-9)11(12)15-14-10/h2-5H,1H3,(H3,12,14,15). The molecule has 74 valence electrons. The number of aromatic amines is 1. The molecule has 0 aliphatic carbocycles. The monoisotopic (exact) mass is 198 g/mol. The number of hydrogen-bond donors (Lipinski definition) is 2. The molecule has 3 rings (SSSR count). The first-order valence-electron chi connectivity index (χ1n) is 4.74. The average molecular weight is 198 g/mol. The third kappa shape index (κ3) is 1.08. The van der Waals surface area contributed by atoms with Gasteiger partial charge in [-0.05, 0) is 19.1 Å². The van der Waals surface area contributed by atoms with E-state index in [1.54, 1.807) is 6.20 Å². The molecule has 0 saturated carbocycles. The Morgan fingerprint density at radius 1 is 1.27 bits per heavy atom. The van der Waals surface area contributed by atoms with Crippen LogP contribution in [0.2, 0.25) is 0 Å². The van der Waals surface area contributed by atoms with Crippen molar-refractivity contribution in [1.29, 1.82) is 0 Å². The van der Waals surface area contributed by atoms with Gasteiger partial charge in [0.05, 0.1) is 16.4 Å². The minimum Gasteiger partial charge on any atom is -0.382 e. The molecule has 0 spiro atoms. The lowest BCUT2D eigenvalue weighted by Crippen LogP contribution is -1.85. The van der Waals surface area contributed by atoms with E-state index >= 15 is 0 Å². The number of nitrogens with one attached hydrogen (secondary N) is 1. The van der Waals surface area contributed by atoms with Gasteiger partial charge in [-0.25, -0.2) is 0 Å². The second-order valence-electron chi connectivity index (χ2n) is 3.68. The van der Waals surface area contributed by atoms with Crippen LogP contribution in [-0.2, 0) is 0 Å². The van der Waals surface area contributed by atoms with E-state index in [-0.39, 0.29) is 0 Å². The Labute approximate surface area is 86.1 Å². The van der Waals surface area contributed by atoms with Crippen LogP contribution in [0.3, 0.4) is 0 Å². The number of H-pyrrole nitrogens is 1. The molecular weight excluding hydrogens is 188 g/mol. The first-order chi connectivity index (χ1) is 7.25. The second kappa shape index (κ2) is 2.70. The summed E-state index contributed by atoms with van der Waals surface area (Å²) in [6.45, 7) is 2.05. The van der Waals surface area contributed by atoms with Gasteiger partial charge in [0.1, 0.15) is 0 Å². The van der Waals surface area contributed by atoms with Crippen molar-refractivity contribution in [2.24, 2.45) is 0 Å². The van der Waals surface area contributed by atoms with E-state index in [1.165, 1.54) is 5.56 Å². The number of pyridine rings is 1. The van der Waals surface area contributed by atoms with Crippen molar-refractivity contribution in [3.63, 3.8) is 0 Å². The highest BCUT2D eigenvalue weighted by molar-refractivity contribution is 6.06. The largest absolute Gasteiger partial charge is 0.382 e. The molecule has 2 heterocycles. The summed E-state index contributed by atoms with van der Waals surface area (Å²) in [5.74, 6) is 0.501. The molecule has 4 nitrogen and oxygen atoms in total. The summed E-state index contributed by atoms with van der Waals surface area (Å²) in [7, 11) is 0. The van der Waals surface area contributed by atoms with Crippen molar-refractivity contribution in [2.75, 3.05) is 5.73 Å². The van der Waals surface area contributed by atoms with Gasteiger partial charge < -0.3 is 5.73 Å². The van der Waals surface area contributed by atoms with Crippen LogP contribution in [-0.4, -0.2) is 15.2 Å². The molecule has 1 aromatic carbocycles. The van der Waals surface area contributed by atoms with Gasteiger partial charge in [-0.3, -0.25) is 10.1 Å². The Bertz CT molecular complexity index is 654. The summed E-state index contributed by atoms with van der Waals surface area (Å²) in [5.41, 5.74) is 8.84. The van der Waals surface area contributed by atoms with Crippen LogP contribution in [0, 0.1) is 6.92 Å². The molecule has 2 aromatic heterocycles. The summed E-state index contributed by atoms with van der Waals surface area (Å²) in [6, 6.07) is 6.13. The lowest BCUT2D eigenvalue weighted by atomic mass is 10.1. The molecule has 3 N–H and O–H groups in total. The Balaban J connectivity index is 2.57. The highest BCUT2D eigenvalue weighted by Crippen LogP contribution is 2.25. The summed E-state index contributed by atoms with van der Waals surface area (Å²) >= 11 is 0. The second-order valence-corrected chi connectivity index (χ2v) is 3.68. The van der Waals surface area contributed by atoms with Gasteiger partial charge in [0.2, 0.25) is 0 Å². The number of anilines is 1. The fraction of sp³-hybridized carbons (Fsp3) is 0.0909. The maximum Gasteiger partial charge on any atom is 0.154 e. The predicted molar refractivity (Wildman–Crippen MR) is 60.5 cm³/mol.